The monoisotopic (exact) mass is 771 g/mol. The van der Waals surface area contributed by atoms with Gasteiger partial charge in [-0.2, -0.15) is 0 Å². The second-order valence-corrected chi connectivity index (χ2v) is 13.0. The van der Waals surface area contributed by atoms with Gasteiger partial charge in [-0.3, -0.25) is 29.0 Å². The van der Waals surface area contributed by atoms with Crippen LogP contribution in [0.2, 0.25) is 0 Å². The van der Waals surface area contributed by atoms with Crippen LogP contribution in [0.15, 0.2) is 55.3 Å². The van der Waals surface area contributed by atoms with E-state index in [4.69, 9.17) is 11.5 Å². The van der Waals surface area contributed by atoms with E-state index in [1.54, 1.807) is 36.7 Å². The van der Waals surface area contributed by atoms with E-state index < -0.39 is 23.7 Å². The lowest BCUT2D eigenvalue weighted by atomic mass is 10.0. The number of likely N-dealkylation sites (N-methyl/N-ethyl adjacent to an activating group) is 1. The number of carbonyl (C=O) groups is 6. The van der Waals surface area contributed by atoms with Crippen LogP contribution in [0, 0.1) is 6.92 Å². The highest BCUT2D eigenvalue weighted by molar-refractivity contribution is 6.06. The minimum Gasteiger partial charge on any atom is -0.397 e. The van der Waals surface area contributed by atoms with E-state index >= 15 is 0 Å². The molecule has 0 bridgehead atoms. The normalized spacial score (nSPS) is 12.2. The zero-order chi connectivity index (χ0) is 41.2. The standard InChI is InChI=1S/C40H50FN9O6/c1-25-28(20-45-22-32(25)42)13-12-27-19-34(48-21-31(27)39(43)26(2)41)49-37(55)16-18-47-36(54)11-6-5-7-17-46-33-10-8-9-29(23-51)38(33)40(56)50(4)30(24-52)14-15-35(53)44-3/h8-10,12,19-24,30,46H,2,5-7,11,13-18,42-43H2,1,3-4H3,(H,44,53)(H,47,54)(H,49,55)/b27-12-,39-31+. The van der Waals surface area contributed by atoms with E-state index in [0.29, 0.717) is 66.6 Å². The van der Waals surface area contributed by atoms with Crippen molar-refractivity contribution in [1.29, 1.82) is 0 Å². The Morgan fingerprint density at radius 3 is 2.46 bits per heavy atom. The second kappa shape index (κ2) is 22.1. The number of pyridine rings is 2. The molecule has 298 valence electrons. The molecule has 15 nitrogen and oxygen atoms in total. The molecule has 0 fully saturated rings. The molecule has 1 atom stereocenters. The fraction of sp³-hybridized carbons (Fsp3) is 0.350. The first-order valence-electron chi connectivity index (χ1n) is 18.1. The highest BCUT2D eigenvalue weighted by Gasteiger charge is 2.25. The SMILES string of the molecule is C=C(F)/C(N)=c1/cnc(NC(=O)CCNC(=O)CCCCCNc2cccc(C=O)c2C(=O)N(C)C(C=O)CCC(=O)NC)c/c1=C/Cc1cncc(N)c1C. The molecule has 0 spiro atoms. The zero-order valence-corrected chi connectivity index (χ0v) is 32.0. The Labute approximate surface area is 324 Å². The molecule has 0 aliphatic carbocycles. The molecule has 1 aromatic carbocycles. The van der Waals surface area contributed by atoms with Crippen molar-refractivity contribution in [1.82, 2.24) is 25.5 Å². The molecule has 16 heteroatoms. The Bertz CT molecular complexity index is 2060. The number of unbranched alkanes of at least 4 members (excludes halogenated alkanes) is 2. The maximum Gasteiger partial charge on any atom is 0.257 e. The molecule has 4 amide bonds. The fourth-order valence-corrected chi connectivity index (χ4v) is 5.65. The molecule has 8 N–H and O–H groups in total. The summed E-state index contributed by atoms with van der Waals surface area (Å²) in [6.07, 6.45) is 10.3. The number of benzene rings is 1. The maximum absolute atomic E-state index is 13.9. The third-order valence-electron chi connectivity index (χ3n) is 9.12. The largest absolute Gasteiger partial charge is 0.397 e. The summed E-state index contributed by atoms with van der Waals surface area (Å²) in [5.41, 5.74) is 14.7. The lowest BCUT2D eigenvalue weighted by Gasteiger charge is -2.25. The van der Waals surface area contributed by atoms with Gasteiger partial charge in [-0.25, -0.2) is 9.37 Å². The van der Waals surface area contributed by atoms with Crippen molar-refractivity contribution in [3.8, 4) is 0 Å². The number of nitrogen functional groups attached to an aromatic ring is 1. The van der Waals surface area contributed by atoms with Crippen molar-refractivity contribution in [2.75, 3.05) is 43.6 Å². The number of aromatic nitrogens is 2. The summed E-state index contributed by atoms with van der Waals surface area (Å²) in [7, 11) is 2.94. The van der Waals surface area contributed by atoms with Crippen molar-refractivity contribution >= 4 is 65.2 Å². The molecule has 0 saturated heterocycles. The lowest BCUT2D eigenvalue weighted by Crippen LogP contribution is -2.39. The first-order chi connectivity index (χ1) is 26.8. The van der Waals surface area contributed by atoms with Gasteiger partial charge in [-0.1, -0.05) is 31.2 Å². The quantitative estimate of drug-likeness (QED) is 0.0678. The minimum atomic E-state index is -0.858. The average molecular weight is 772 g/mol. The molecule has 0 aliphatic heterocycles. The van der Waals surface area contributed by atoms with Gasteiger partial charge in [0.15, 0.2) is 6.29 Å². The van der Waals surface area contributed by atoms with E-state index in [2.05, 4.69) is 37.8 Å². The van der Waals surface area contributed by atoms with Gasteiger partial charge in [-0.15, -0.1) is 0 Å². The van der Waals surface area contributed by atoms with Crippen molar-refractivity contribution < 1.29 is 33.2 Å². The molecule has 0 saturated carbocycles. The number of nitrogens with zero attached hydrogens (tertiary/aromatic N) is 3. The number of amides is 4. The van der Waals surface area contributed by atoms with Gasteiger partial charge < -0.3 is 42.4 Å². The summed E-state index contributed by atoms with van der Waals surface area (Å²) >= 11 is 0. The van der Waals surface area contributed by atoms with Gasteiger partial charge in [0.2, 0.25) is 17.7 Å². The average Bonchev–Trinajstić information content (AvgIpc) is 3.18. The van der Waals surface area contributed by atoms with E-state index in [0.717, 1.165) is 11.1 Å². The van der Waals surface area contributed by atoms with E-state index in [-0.39, 0.29) is 66.7 Å². The zero-order valence-electron chi connectivity index (χ0n) is 32.0. The number of hydrogen-bond acceptors (Lipinski definition) is 11. The fourth-order valence-electron chi connectivity index (χ4n) is 5.65. The predicted molar refractivity (Wildman–Crippen MR) is 213 cm³/mol. The van der Waals surface area contributed by atoms with Crippen LogP contribution in [0.1, 0.15) is 76.8 Å². The molecule has 2 heterocycles. The first-order valence-corrected chi connectivity index (χ1v) is 18.1. The van der Waals surface area contributed by atoms with E-state index in [9.17, 15) is 33.2 Å². The molecule has 3 rings (SSSR count). The highest BCUT2D eigenvalue weighted by atomic mass is 19.1. The van der Waals surface area contributed by atoms with Crippen LogP contribution in [0.25, 0.3) is 11.8 Å². The molecule has 56 heavy (non-hydrogen) atoms. The summed E-state index contributed by atoms with van der Waals surface area (Å²) in [6, 6.07) is 5.54. The molecule has 2 aromatic heterocycles. The Morgan fingerprint density at radius 1 is 1.00 bits per heavy atom. The number of nitrogens with one attached hydrogen (secondary N) is 4. The maximum atomic E-state index is 13.9. The molecular formula is C40H50FN9O6. The van der Waals surface area contributed by atoms with Crippen molar-refractivity contribution in [2.45, 2.75) is 64.3 Å². The van der Waals surface area contributed by atoms with Crippen LogP contribution in [0.5, 0.6) is 0 Å². The Balaban J connectivity index is 1.47. The number of nitrogens with two attached hydrogens (primary N) is 2. The number of aldehydes is 2. The van der Waals surface area contributed by atoms with Gasteiger partial charge >= 0.3 is 0 Å². The van der Waals surface area contributed by atoms with Crippen LogP contribution < -0.4 is 43.2 Å². The van der Waals surface area contributed by atoms with Crippen LogP contribution in [-0.4, -0.2) is 84.3 Å². The Hall–Kier alpha value is -6.45. The Kier molecular flexibility index (Phi) is 17.3. The predicted octanol–water partition coefficient (Wildman–Crippen LogP) is 2.04. The topological polar surface area (TPSA) is 232 Å². The summed E-state index contributed by atoms with van der Waals surface area (Å²) in [4.78, 5) is 83.3. The van der Waals surface area contributed by atoms with Crippen LogP contribution in [-0.2, 0) is 25.6 Å². The van der Waals surface area contributed by atoms with Crippen molar-refractivity contribution in [2.24, 2.45) is 5.73 Å². The summed E-state index contributed by atoms with van der Waals surface area (Å²) in [5, 5.41) is 11.9. The lowest BCUT2D eigenvalue weighted by molar-refractivity contribution is -0.122. The first kappa shape index (κ1) is 44.0. The van der Waals surface area contributed by atoms with Gasteiger partial charge in [0, 0.05) is 75.3 Å². The highest BCUT2D eigenvalue weighted by Crippen LogP contribution is 2.23. The number of rotatable bonds is 21. The van der Waals surface area contributed by atoms with Gasteiger partial charge in [0.25, 0.3) is 5.91 Å². The minimum absolute atomic E-state index is 0.0143. The summed E-state index contributed by atoms with van der Waals surface area (Å²) < 4.78 is 13.9. The molecule has 3 aromatic rings. The Morgan fingerprint density at radius 2 is 1.77 bits per heavy atom. The molecule has 0 aliphatic rings. The second-order valence-electron chi connectivity index (χ2n) is 13.0. The number of anilines is 3. The summed E-state index contributed by atoms with van der Waals surface area (Å²) in [5.74, 6) is -2.00. The smallest absolute Gasteiger partial charge is 0.257 e. The van der Waals surface area contributed by atoms with Crippen LogP contribution >= 0.6 is 0 Å². The number of hydrogen-bond donors (Lipinski definition) is 6. The van der Waals surface area contributed by atoms with Gasteiger partial charge in [-0.05, 0) is 61.1 Å². The number of halogens is 1. The van der Waals surface area contributed by atoms with Crippen molar-refractivity contribution in [3.05, 3.63) is 88.0 Å². The van der Waals surface area contributed by atoms with Crippen LogP contribution in [0.3, 0.4) is 0 Å². The van der Waals surface area contributed by atoms with E-state index in [1.165, 1.54) is 31.3 Å². The third kappa shape index (κ3) is 12.8. The van der Waals surface area contributed by atoms with Crippen molar-refractivity contribution in [3.63, 3.8) is 0 Å². The molecule has 1 unspecified atom stereocenters. The number of carbonyl (C=O) groups excluding carboxylic acids is 6. The molecule has 0 radical (unpaired) electrons. The van der Waals surface area contributed by atoms with Gasteiger partial charge in [0.05, 0.1) is 29.2 Å². The van der Waals surface area contributed by atoms with Gasteiger partial charge in [0.1, 0.15) is 17.9 Å². The summed E-state index contributed by atoms with van der Waals surface area (Å²) in [6.45, 7) is 5.69. The van der Waals surface area contributed by atoms with E-state index in [1.807, 2.05) is 6.92 Å². The molecular weight excluding hydrogens is 721 g/mol. The van der Waals surface area contributed by atoms with Crippen LogP contribution in [0.4, 0.5) is 21.6 Å². The third-order valence-corrected chi connectivity index (χ3v) is 9.12.